The smallest absolute Gasteiger partial charge is 0.0474 e. The van der Waals surface area contributed by atoms with Crippen molar-refractivity contribution < 1.29 is 4.74 Å². The summed E-state index contributed by atoms with van der Waals surface area (Å²) in [5.74, 6) is 0.859. The van der Waals surface area contributed by atoms with Crippen molar-refractivity contribution in [1.82, 2.24) is 5.32 Å². The molecule has 0 aromatic rings. The van der Waals surface area contributed by atoms with E-state index < -0.39 is 0 Å². The van der Waals surface area contributed by atoms with Crippen molar-refractivity contribution in [2.75, 3.05) is 26.8 Å². The summed E-state index contributed by atoms with van der Waals surface area (Å²) in [5.41, 5.74) is 5.85. The van der Waals surface area contributed by atoms with Gasteiger partial charge in [-0.2, -0.15) is 0 Å². The molecule has 0 atom stereocenters. The van der Waals surface area contributed by atoms with Crippen LogP contribution in [-0.4, -0.2) is 32.8 Å². The van der Waals surface area contributed by atoms with E-state index in [-0.39, 0.29) is 0 Å². The molecule has 3 nitrogen and oxygen atoms in total. The van der Waals surface area contributed by atoms with Gasteiger partial charge in [-0.15, -0.1) is 0 Å². The first kappa shape index (κ1) is 12.0. The number of nitrogens with two attached hydrogens (primary N) is 1. The number of ether oxygens (including phenoxy) is 1. The molecule has 0 aliphatic heterocycles. The zero-order valence-corrected chi connectivity index (χ0v) is 9.30. The molecule has 14 heavy (non-hydrogen) atoms. The molecule has 0 saturated heterocycles. The third kappa shape index (κ3) is 4.94. The fourth-order valence-electron chi connectivity index (χ4n) is 2.04. The van der Waals surface area contributed by atoms with Crippen LogP contribution in [0.1, 0.15) is 32.1 Å². The fraction of sp³-hybridized carbons (Fsp3) is 1.00. The van der Waals surface area contributed by atoms with E-state index in [2.05, 4.69) is 5.32 Å². The summed E-state index contributed by atoms with van der Waals surface area (Å²) in [4.78, 5) is 0. The Kier molecular flexibility index (Phi) is 6.15. The first-order chi connectivity index (χ1) is 6.83. The molecule has 0 aromatic heterocycles. The Morgan fingerprint density at radius 1 is 1.29 bits per heavy atom. The standard InChI is InChI=1S/C11H24N2O/c1-14-8-2-7-13-9-10-3-5-11(12)6-4-10/h10-11,13H,2-9,12H2,1H3. The number of rotatable bonds is 6. The highest BCUT2D eigenvalue weighted by molar-refractivity contribution is 4.75. The van der Waals surface area contributed by atoms with Crippen LogP contribution in [0, 0.1) is 5.92 Å². The first-order valence-electron chi connectivity index (χ1n) is 5.78. The van der Waals surface area contributed by atoms with Crippen LogP contribution in [-0.2, 0) is 4.74 Å². The second kappa shape index (κ2) is 7.21. The van der Waals surface area contributed by atoms with Gasteiger partial charge in [0.1, 0.15) is 0 Å². The van der Waals surface area contributed by atoms with Crippen molar-refractivity contribution in [1.29, 1.82) is 0 Å². The summed E-state index contributed by atoms with van der Waals surface area (Å²) >= 11 is 0. The van der Waals surface area contributed by atoms with Gasteiger partial charge in [-0.1, -0.05) is 0 Å². The number of hydrogen-bond donors (Lipinski definition) is 2. The maximum Gasteiger partial charge on any atom is 0.0474 e. The van der Waals surface area contributed by atoms with Crippen LogP contribution in [0.15, 0.2) is 0 Å². The lowest BCUT2D eigenvalue weighted by atomic mass is 9.86. The summed E-state index contributed by atoms with van der Waals surface area (Å²) in [6.45, 7) is 3.11. The van der Waals surface area contributed by atoms with E-state index in [9.17, 15) is 0 Å². The Bertz CT molecular complexity index is 133. The maximum atomic E-state index is 5.85. The molecule has 84 valence electrons. The lowest BCUT2D eigenvalue weighted by Crippen LogP contribution is -2.32. The van der Waals surface area contributed by atoms with Crippen LogP contribution in [0.5, 0.6) is 0 Å². The zero-order valence-electron chi connectivity index (χ0n) is 9.30. The van der Waals surface area contributed by atoms with E-state index in [1.165, 1.54) is 25.7 Å². The second-order valence-corrected chi connectivity index (χ2v) is 4.33. The van der Waals surface area contributed by atoms with Gasteiger partial charge in [-0.05, 0) is 51.1 Å². The van der Waals surface area contributed by atoms with E-state index in [1.807, 2.05) is 0 Å². The van der Waals surface area contributed by atoms with Gasteiger partial charge in [-0.25, -0.2) is 0 Å². The lowest BCUT2D eigenvalue weighted by Gasteiger charge is -2.26. The molecule has 0 radical (unpaired) electrons. The van der Waals surface area contributed by atoms with E-state index in [4.69, 9.17) is 10.5 Å². The Morgan fingerprint density at radius 3 is 2.64 bits per heavy atom. The molecule has 1 rings (SSSR count). The molecule has 0 spiro atoms. The van der Waals surface area contributed by atoms with E-state index in [1.54, 1.807) is 7.11 Å². The largest absolute Gasteiger partial charge is 0.385 e. The zero-order chi connectivity index (χ0) is 10.2. The Labute approximate surface area is 87.4 Å². The topological polar surface area (TPSA) is 47.3 Å². The van der Waals surface area contributed by atoms with Gasteiger partial charge in [0.15, 0.2) is 0 Å². The van der Waals surface area contributed by atoms with Crippen LogP contribution in [0.3, 0.4) is 0 Å². The van der Waals surface area contributed by atoms with Crippen molar-refractivity contribution >= 4 is 0 Å². The van der Waals surface area contributed by atoms with E-state index in [0.717, 1.165) is 32.0 Å². The minimum absolute atomic E-state index is 0.472. The minimum Gasteiger partial charge on any atom is -0.385 e. The molecule has 1 saturated carbocycles. The Balaban J connectivity index is 1.91. The van der Waals surface area contributed by atoms with Gasteiger partial charge in [0.2, 0.25) is 0 Å². The van der Waals surface area contributed by atoms with Crippen LogP contribution < -0.4 is 11.1 Å². The molecule has 0 amide bonds. The molecular formula is C11H24N2O. The first-order valence-corrected chi connectivity index (χ1v) is 5.78. The van der Waals surface area contributed by atoms with Crippen molar-refractivity contribution in [3.8, 4) is 0 Å². The van der Waals surface area contributed by atoms with Gasteiger partial charge >= 0.3 is 0 Å². The summed E-state index contributed by atoms with van der Waals surface area (Å²) in [6, 6.07) is 0.472. The van der Waals surface area contributed by atoms with E-state index >= 15 is 0 Å². The van der Waals surface area contributed by atoms with Crippen molar-refractivity contribution in [3.05, 3.63) is 0 Å². The molecule has 1 aliphatic rings. The van der Waals surface area contributed by atoms with Crippen LogP contribution >= 0.6 is 0 Å². The van der Waals surface area contributed by atoms with Crippen LogP contribution in [0.25, 0.3) is 0 Å². The summed E-state index contributed by atoms with van der Waals surface area (Å²) in [5, 5.41) is 3.48. The SMILES string of the molecule is COCCCNCC1CCC(N)CC1. The minimum atomic E-state index is 0.472. The Morgan fingerprint density at radius 2 is 2.00 bits per heavy atom. The highest BCUT2D eigenvalue weighted by Crippen LogP contribution is 2.22. The van der Waals surface area contributed by atoms with Crippen molar-refractivity contribution in [2.24, 2.45) is 11.7 Å². The number of nitrogens with one attached hydrogen (secondary N) is 1. The quantitative estimate of drug-likeness (QED) is 0.632. The fourth-order valence-corrected chi connectivity index (χ4v) is 2.04. The maximum absolute atomic E-state index is 5.85. The molecule has 3 N–H and O–H groups in total. The summed E-state index contributed by atoms with van der Waals surface area (Å²) in [6.07, 6.45) is 6.15. The molecule has 1 fully saturated rings. The second-order valence-electron chi connectivity index (χ2n) is 4.33. The molecule has 0 aromatic carbocycles. The monoisotopic (exact) mass is 200 g/mol. The van der Waals surface area contributed by atoms with Crippen LogP contribution in [0.4, 0.5) is 0 Å². The van der Waals surface area contributed by atoms with Gasteiger partial charge in [0, 0.05) is 19.8 Å². The van der Waals surface area contributed by atoms with Crippen molar-refractivity contribution in [2.45, 2.75) is 38.1 Å². The van der Waals surface area contributed by atoms with Crippen LogP contribution in [0.2, 0.25) is 0 Å². The highest BCUT2D eigenvalue weighted by atomic mass is 16.5. The predicted octanol–water partition coefficient (Wildman–Crippen LogP) is 1.13. The molecule has 3 heteroatoms. The van der Waals surface area contributed by atoms with Gasteiger partial charge < -0.3 is 15.8 Å². The average molecular weight is 200 g/mol. The van der Waals surface area contributed by atoms with Crippen molar-refractivity contribution in [3.63, 3.8) is 0 Å². The lowest BCUT2D eigenvalue weighted by molar-refractivity contribution is 0.193. The van der Waals surface area contributed by atoms with Gasteiger partial charge in [0.05, 0.1) is 0 Å². The molecule has 0 unspecified atom stereocenters. The molecular weight excluding hydrogens is 176 g/mol. The van der Waals surface area contributed by atoms with E-state index in [0.29, 0.717) is 6.04 Å². The molecule has 0 bridgehead atoms. The molecule has 0 heterocycles. The molecule has 1 aliphatic carbocycles. The Hall–Kier alpha value is -0.120. The normalized spacial score (nSPS) is 27.9. The van der Waals surface area contributed by atoms with Gasteiger partial charge in [0.25, 0.3) is 0 Å². The highest BCUT2D eigenvalue weighted by Gasteiger charge is 2.17. The third-order valence-corrected chi connectivity index (χ3v) is 3.03. The summed E-state index contributed by atoms with van der Waals surface area (Å²) < 4.78 is 4.99. The number of hydrogen-bond acceptors (Lipinski definition) is 3. The average Bonchev–Trinajstić information content (AvgIpc) is 2.21. The predicted molar refractivity (Wildman–Crippen MR) is 59.3 cm³/mol. The number of methoxy groups -OCH3 is 1. The summed E-state index contributed by atoms with van der Waals surface area (Å²) in [7, 11) is 1.75. The third-order valence-electron chi connectivity index (χ3n) is 3.03. The van der Waals surface area contributed by atoms with Gasteiger partial charge in [-0.3, -0.25) is 0 Å².